The van der Waals surface area contributed by atoms with Crippen LogP contribution >= 0.6 is 0 Å². The smallest absolute Gasteiger partial charge is 0.102 e. The summed E-state index contributed by atoms with van der Waals surface area (Å²) in [6.45, 7) is 0.775. The van der Waals surface area contributed by atoms with Gasteiger partial charge in [-0.15, -0.1) is 5.10 Å². The maximum Gasteiger partial charge on any atom is 0.102 e. The molecule has 2 aromatic heterocycles. The van der Waals surface area contributed by atoms with Crippen molar-refractivity contribution >= 4 is 0 Å². The van der Waals surface area contributed by atoms with E-state index in [1.54, 1.807) is 11.8 Å². The van der Waals surface area contributed by atoms with Crippen LogP contribution in [0.1, 0.15) is 22.5 Å². The van der Waals surface area contributed by atoms with Gasteiger partial charge in [0.15, 0.2) is 0 Å². The average Bonchev–Trinajstić information content (AvgIpc) is 3.00. The van der Waals surface area contributed by atoms with Crippen LogP contribution in [-0.2, 0) is 24.3 Å². The maximum absolute atomic E-state index is 5.71. The molecule has 0 atom stereocenters. The number of pyridine rings is 1. The monoisotopic (exact) mass is 309 g/mol. The van der Waals surface area contributed by atoms with Crippen molar-refractivity contribution < 1.29 is 4.74 Å². The Bertz CT molecular complexity index is 752. The first-order valence-electron chi connectivity index (χ1n) is 7.42. The highest BCUT2D eigenvalue weighted by Crippen LogP contribution is 2.16. The highest BCUT2D eigenvalue weighted by molar-refractivity contribution is 5.37. The van der Waals surface area contributed by atoms with Crippen LogP contribution in [0.3, 0.4) is 0 Å². The second kappa shape index (κ2) is 7.13. The minimum atomic E-state index is 0.346. The molecule has 0 aliphatic rings. The first-order valence-corrected chi connectivity index (χ1v) is 7.42. The Morgan fingerprint density at radius 2 is 1.74 bits per heavy atom. The zero-order chi connectivity index (χ0) is 16.1. The quantitative estimate of drug-likeness (QED) is 0.752. The number of aromatic nitrogens is 4. The van der Waals surface area contributed by atoms with E-state index in [4.69, 9.17) is 10.5 Å². The number of ether oxygens (including phenoxy) is 1. The number of methoxy groups -OCH3 is 1. The molecule has 6 heteroatoms. The van der Waals surface area contributed by atoms with Gasteiger partial charge in [0.05, 0.1) is 18.0 Å². The van der Waals surface area contributed by atoms with E-state index in [1.807, 2.05) is 36.7 Å². The van der Waals surface area contributed by atoms with Crippen LogP contribution in [0.15, 0.2) is 48.8 Å². The van der Waals surface area contributed by atoms with Gasteiger partial charge in [0, 0.05) is 26.0 Å². The van der Waals surface area contributed by atoms with Crippen molar-refractivity contribution in [3.05, 3.63) is 71.3 Å². The third-order valence-electron chi connectivity index (χ3n) is 3.66. The molecule has 23 heavy (non-hydrogen) atoms. The van der Waals surface area contributed by atoms with E-state index in [9.17, 15) is 0 Å². The van der Waals surface area contributed by atoms with Crippen molar-refractivity contribution in [1.29, 1.82) is 0 Å². The van der Waals surface area contributed by atoms with Crippen molar-refractivity contribution in [2.24, 2.45) is 5.73 Å². The number of nitrogens with two attached hydrogens (primary N) is 1. The molecule has 118 valence electrons. The molecule has 3 rings (SSSR count). The van der Waals surface area contributed by atoms with Crippen molar-refractivity contribution in [3.8, 4) is 5.69 Å². The zero-order valence-electron chi connectivity index (χ0n) is 13.0. The SMILES string of the molecule is COCc1c(CN)nnn1-c1ccc(Cc2ccncc2)cc1. The van der Waals surface area contributed by atoms with Crippen LogP contribution in [-0.4, -0.2) is 27.1 Å². The summed E-state index contributed by atoms with van der Waals surface area (Å²) in [4.78, 5) is 4.04. The molecule has 0 radical (unpaired) electrons. The first-order chi connectivity index (χ1) is 11.3. The van der Waals surface area contributed by atoms with E-state index in [0.717, 1.165) is 23.5 Å². The normalized spacial score (nSPS) is 10.9. The Balaban J connectivity index is 1.83. The molecule has 6 nitrogen and oxygen atoms in total. The maximum atomic E-state index is 5.71. The predicted molar refractivity (Wildman–Crippen MR) is 87.0 cm³/mol. The molecule has 1 aromatic carbocycles. The molecule has 0 unspecified atom stereocenters. The number of benzene rings is 1. The molecule has 2 heterocycles. The number of nitrogens with zero attached hydrogens (tertiary/aromatic N) is 4. The highest BCUT2D eigenvalue weighted by atomic mass is 16.5. The van der Waals surface area contributed by atoms with Gasteiger partial charge in [0.25, 0.3) is 0 Å². The lowest BCUT2D eigenvalue weighted by molar-refractivity contribution is 0.178. The summed E-state index contributed by atoms with van der Waals surface area (Å²) in [5.41, 5.74) is 10.8. The third-order valence-corrected chi connectivity index (χ3v) is 3.66. The molecule has 0 bridgehead atoms. The lowest BCUT2D eigenvalue weighted by Crippen LogP contribution is -2.07. The number of hydrogen-bond donors (Lipinski definition) is 1. The fourth-order valence-electron chi connectivity index (χ4n) is 2.47. The topological polar surface area (TPSA) is 78.9 Å². The first kappa shape index (κ1) is 15.3. The molecule has 3 aromatic rings. The van der Waals surface area contributed by atoms with Crippen molar-refractivity contribution in [2.75, 3.05) is 7.11 Å². The van der Waals surface area contributed by atoms with E-state index in [1.165, 1.54) is 11.1 Å². The summed E-state index contributed by atoms with van der Waals surface area (Å²) in [6, 6.07) is 12.3. The molecule has 0 fully saturated rings. The van der Waals surface area contributed by atoms with E-state index < -0.39 is 0 Å². The molecule has 0 saturated carbocycles. The summed E-state index contributed by atoms with van der Waals surface area (Å²) < 4.78 is 7.01. The van der Waals surface area contributed by atoms with Crippen LogP contribution in [0.25, 0.3) is 5.69 Å². The van der Waals surface area contributed by atoms with Gasteiger partial charge in [-0.2, -0.15) is 0 Å². The number of rotatable bonds is 6. The van der Waals surface area contributed by atoms with Crippen LogP contribution in [0.2, 0.25) is 0 Å². The molecule has 0 amide bonds. The Hall–Kier alpha value is -2.57. The molecule has 0 aliphatic carbocycles. The Kier molecular flexibility index (Phi) is 4.75. The highest BCUT2D eigenvalue weighted by Gasteiger charge is 2.12. The Morgan fingerprint density at radius 3 is 2.39 bits per heavy atom. The minimum absolute atomic E-state index is 0.346. The van der Waals surface area contributed by atoms with E-state index in [2.05, 4.69) is 27.4 Å². The average molecular weight is 309 g/mol. The summed E-state index contributed by atoms with van der Waals surface area (Å²) in [6.07, 6.45) is 4.49. The fourth-order valence-corrected chi connectivity index (χ4v) is 2.47. The Morgan fingerprint density at radius 1 is 1.04 bits per heavy atom. The molecule has 0 saturated heterocycles. The summed E-state index contributed by atoms with van der Waals surface area (Å²) in [7, 11) is 1.65. The van der Waals surface area contributed by atoms with Crippen LogP contribution < -0.4 is 5.73 Å². The Labute approximate surface area is 134 Å². The van der Waals surface area contributed by atoms with Crippen molar-refractivity contribution in [2.45, 2.75) is 19.6 Å². The molecular formula is C17H19N5O. The van der Waals surface area contributed by atoms with Crippen LogP contribution in [0, 0.1) is 0 Å². The van der Waals surface area contributed by atoms with E-state index in [-0.39, 0.29) is 0 Å². The summed E-state index contributed by atoms with van der Waals surface area (Å²) in [5.74, 6) is 0. The molecular weight excluding hydrogens is 290 g/mol. The fraction of sp³-hybridized carbons (Fsp3) is 0.235. The van der Waals surface area contributed by atoms with Gasteiger partial charge in [0.1, 0.15) is 5.69 Å². The van der Waals surface area contributed by atoms with Gasteiger partial charge in [0.2, 0.25) is 0 Å². The van der Waals surface area contributed by atoms with E-state index >= 15 is 0 Å². The predicted octanol–water partition coefficient (Wildman–Crippen LogP) is 1.86. The number of hydrogen-bond acceptors (Lipinski definition) is 5. The lowest BCUT2D eigenvalue weighted by atomic mass is 10.1. The van der Waals surface area contributed by atoms with Crippen molar-refractivity contribution in [1.82, 2.24) is 20.0 Å². The zero-order valence-corrected chi connectivity index (χ0v) is 13.0. The van der Waals surface area contributed by atoms with Crippen LogP contribution in [0.5, 0.6) is 0 Å². The van der Waals surface area contributed by atoms with Gasteiger partial charge in [-0.3, -0.25) is 4.98 Å². The van der Waals surface area contributed by atoms with Gasteiger partial charge in [-0.05, 0) is 41.8 Å². The summed E-state index contributed by atoms with van der Waals surface area (Å²) >= 11 is 0. The second-order valence-corrected chi connectivity index (χ2v) is 5.23. The van der Waals surface area contributed by atoms with Gasteiger partial charge >= 0.3 is 0 Å². The lowest BCUT2D eigenvalue weighted by Gasteiger charge is -2.08. The molecule has 0 spiro atoms. The largest absolute Gasteiger partial charge is 0.378 e. The third kappa shape index (κ3) is 3.44. The molecule has 0 aliphatic heterocycles. The van der Waals surface area contributed by atoms with Crippen LogP contribution in [0.4, 0.5) is 0 Å². The van der Waals surface area contributed by atoms with Gasteiger partial charge in [-0.1, -0.05) is 17.3 Å². The minimum Gasteiger partial charge on any atom is -0.378 e. The second-order valence-electron chi connectivity index (χ2n) is 5.23. The van der Waals surface area contributed by atoms with Gasteiger partial charge < -0.3 is 10.5 Å². The van der Waals surface area contributed by atoms with E-state index in [0.29, 0.717) is 13.2 Å². The van der Waals surface area contributed by atoms with Gasteiger partial charge in [-0.25, -0.2) is 4.68 Å². The van der Waals surface area contributed by atoms with Crippen molar-refractivity contribution in [3.63, 3.8) is 0 Å². The molecule has 2 N–H and O–H groups in total. The standard InChI is InChI=1S/C17H19N5O/c1-23-12-17-16(11-18)20-21-22(17)15-4-2-13(3-5-15)10-14-6-8-19-9-7-14/h2-9H,10-12,18H2,1H3. The summed E-state index contributed by atoms with van der Waals surface area (Å²) in [5, 5.41) is 8.31.